The molecule has 0 heterocycles. The molecule has 0 bridgehead atoms. The van der Waals surface area contributed by atoms with Gasteiger partial charge in [0.25, 0.3) is 0 Å². The number of hydrogen-bond donors (Lipinski definition) is 2. The van der Waals surface area contributed by atoms with Gasteiger partial charge in [0.1, 0.15) is 0 Å². The lowest BCUT2D eigenvalue weighted by molar-refractivity contribution is -0.137. The van der Waals surface area contributed by atoms with Crippen LogP contribution in [0.4, 0.5) is 4.39 Å². The van der Waals surface area contributed by atoms with Crippen LogP contribution in [0.2, 0.25) is 0 Å². The normalized spacial score (nSPS) is 10.9. The van der Waals surface area contributed by atoms with Crippen molar-refractivity contribution in [2.24, 2.45) is 0 Å². The van der Waals surface area contributed by atoms with E-state index in [4.69, 9.17) is 19.7 Å². The molecule has 0 fully saturated rings. The number of carboxylic acids is 2. The fourth-order valence-electron chi connectivity index (χ4n) is 1.13. The summed E-state index contributed by atoms with van der Waals surface area (Å²) < 4.78 is 22.8. The maximum atomic E-state index is 13.3. The van der Waals surface area contributed by atoms with Crippen LogP contribution in [0.3, 0.4) is 0 Å². The molecule has 1 aromatic carbocycles. The third-order valence-electron chi connectivity index (χ3n) is 1.82. The number of methoxy groups -OCH3 is 1. The van der Waals surface area contributed by atoms with Crippen LogP contribution < -0.4 is 9.47 Å². The molecule has 0 radical (unpaired) electrons. The van der Waals surface area contributed by atoms with Gasteiger partial charge in [-0.25, -0.2) is 14.0 Å². The smallest absolute Gasteiger partial charge is 0.372 e. The van der Waals surface area contributed by atoms with Crippen molar-refractivity contribution >= 4 is 11.9 Å². The van der Waals surface area contributed by atoms with E-state index in [2.05, 4.69) is 0 Å². The highest BCUT2D eigenvalue weighted by atomic mass is 19.1. The van der Waals surface area contributed by atoms with Gasteiger partial charge < -0.3 is 19.7 Å². The zero-order chi connectivity index (χ0) is 13.7. The second-order valence-electron chi connectivity index (χ2n) is 3.03. The minimum absolute atomic E-state index is 0.229. The molecular weight excluding hydrogens is 247 g/mol. The molecule has 2 N–H and O–H groups in total. The van der Waals surface area contributed by atoms with E-state index < -0.39 is 23.5 Å². The van der Waals surface area contributed by atoms with Crippen LogP contribution >= 0.6 is 0 Å². The highest BCUT2D eigenvalue weighted by molar-refractivity contribution is 5.93. The van der Waals surface area contributed by atoms with Crippen molar-refractivity contribution in [3.63, 3.8) is 0 Å². The summed E-state index contributed by atoms with van der Waals surface area (Å²) in [5.41, 5.74) is 0. The Balaban J connectivity index is 3.13. The quantitative estimate of drug-likeness (QED) is 0.608. The van der Waals surface area contributed by atoms with E-state index >= 15 is 0 Å². The van der Waals surface area contributed by atoms with Gasteiger partial charge in [0.05, 0.1) is 13.2 Å². The molecular formula is C11H9FO6. The Kier molecular flexibility index (Phi) is 4.25. The first kappa shape index (κ1) is 13.5. The van der Waals surface area contributed by atoms with Gasteiger partial charge in [0, 0.05) is 0 Å². The first-order valence-electron chi connectivity index (χ1n) is 4.64. The van der Waals surface area contributed by atoms with Gasteiger partial charge in [-0.3, -0.25) is 0 Å². The van der Waals surface area contributed by atoms with Gasteiger partial charge in [0.15, 0.2) is 17.3 Å². The Morgan fingerprint density at radius 3 is 2.50 bits per heavy atom. The van der Waals surface area contributed by atoms with E-state index in [1.54, 1.807) is 0 Å². The van der Waals surface area contributed by atoms with E-state index in [0.717, 1.165) is 6.07 Å². The monoisotopic (exact) mass is 256 g/mol. The lowest BCUT2D eigenvalue weighted by Crippen LogP contribution is -2.11. The number of carbonyl (C=O) groups is 2. The molecule has 96 valence electrons. The van der Waals surface area contributed by atoms with Gasteiger partial charge in [-0.15, -0.1) is 0 Å². The topological polar surface area (TPSA) is 93.1 Å². The van der Waals surface area contributed by atoms with Gasteiger partial charge >= 0.3 is 11.9 Å². The third-order valence-corrected chi connectivity index (χ3v) is 1.82. The molecule has 0 amide bonds. The third kappa shape index (κ3) is 3.21. The van der Waals surface area contributed by atoms with Gasteiger partial charge in [0.2, 0.25) is 5.76 Å². The number of hydrogen-bond acceptors (Lipinski definition) is 4. The van der Waals surface area contributed by atoms with Crippen LogP contribution in [0.5, 0.6) is 11.5 Å². The summed E-state index contributed by atoms with van der Waals surface area (Å²) in [7, 11) is 1.17. The molecule has 0 unspecified atom stereocenters. The molecule has 0 spiro atoms. The van der Waals surface area contributed by atoms with Crippen molar-refractivity contribution in [2.75, 3.05) is 7.11 Å². The number of halogens is 1. The summed E-state index contributed by atoms with van der Waals surface area (Å²) in [6, 6.07) is 3.61. The zero-order valence-corrected chi connectivity index (χ0v) is 9.21. The van der Waals surface area contributed by atoms with E-state index in [9.17, 15) is 14.0 Å². The molecule has 0 saturated carbocycles. The number of carboxylic acid groups (broad SMARTS) is 2. The first-order chi connectivity index (χ1) is 8.45. The maximum Gasteiger partial charge on any atom is 0.372 e. The van der Waals surface area contributed by atoms with Crippen LogP contribution in [-0.2, 0) is 9.59 Å². The first-order valence-corrected chi connectivity index (χ1v) is 4.64. The highest BCUT2D eigenvalue weighted by Crippen LogP contribution is 2.30. The molecule has 18 heavy (non-hydrogen) atoms. The zero-order valence-electron chi connectivity index (χ0n) is 9.21. The van der Waals surface area contributed by atoms with Crippen molar-refractivity contribution in [3.05, 3.63) is 35.9 Å². The van der Waals surface area contributed by atoms with Crippen LogP contribution in [0.25, 0.3) is 0 Å². The fourth-order valence-corrected chi connectivity index (χ4v) is 1.13. The summed E-state index contributed by atoms with van der Waals surface area (Å²) in [5, 5.41) is 17.2. The summed E-state index contributed by atoms with van der Waals surface area (Å²) >= 11 is 0. The number of benzene rings is 1. The number of ether oxygens (including phenoxy) is 2. The summed E-state index contributed by atoms with van der Waals surface area (Å²) in [5.74, 6) is -5.24. The van der Waals surface area contributed by atoms with E-state index in [-0.39, 0.29) is 11.5 Å². The largest absolute Gasteiger partial charge is 0.490 e. The minimum atomic E-state index is -1.59. The molecule has 0 aliphatic heterocycles. The van der Waals surface area contributed by atoms with Gasteiger partial charge in [-0.2, -0.15) is 0 Å². The van der Waals surface area contributed by atoms with Crippen molar-refractivity contribution in [3.8, 4) is 11.5 Å². The average molecular weight is 256 g/mol. The van der Waals surface area contributed by atoms with Crippen molar-refractivity contribution in [1.29, 1.82) is 0 Å². The number of aliphatic carboxylic acids is 2. The summed E-state index contributed by atoms with van der Waals surface area (Å²) in [6.45, 7) is 0. The Hall–Kier alpha value is -2.57. The van der Waals surface area contributed by atoms with E-state index in [1.165, 1.54) is 19.2 Å². The molecule has 7 heteroatoms. The molecule has 1 aromatic rings. The van der Waals surface area contributed by atoms with Crippen LogP contribution in [0, 0.1) is 5.82 Å². The Labute approximate surface area is 101 Å². The minimum Gasteiger partial charge on any atom is -0.490 e. The van der Waals surface area contributed by atoms with Crippen LogP contribution in [0.1, 0.15) is 0 Å². The SMILES string of the molecule is COc1c(F)cccc1O/C(=C\C(=O)O)C(=O)O. The molecule has 6 nitrogen and oxygen atoms in total. The highest BCUT2D eigenvalue weighted by Gasteiger charge is 2.17. The Bertz CT molecular complexity index is 508. The molecule has 0 saturated heterocycles. The molecule has 0 aromatic heterocycles. The average Bonchev–Trinajstić information content (AvgIpc) is 2.27. The molecule has 0 atom stereocenters. The predicted octanol–water partition coefficient (Wildman–Crippen LogP) is 1.27. The van der Waals surface area contributed by atoms with E-state index in [0.29, 0.717) is 6.08 Å². The van der Waals surface area contributed by atoms with Gasteiger partial charge in [-0.1, -0.05) is 6.07 Å². The second-order valence-corrected chi connectivity index (χ2v) is 3.03. The molecule has 0 aliphatic carbocycles. The van der Waals surface area contributed by atoms with Crippen LogP contribution in [0.15, 0.2) is 30.0 Å². The maximum absolute atomic E-state index is 13.3. The van der Waals surface area contributed by atoms with Gasteiger partial charge in [-0.05, 0) is 12.1 Å². The van der Waals surface area contributed by atoms with Crippen molar-refractivity contribution in [2.45, 2.75) is 0 Å². The summed E-state index contributed by atoms with van der Waals surface area (Å²) in [6.07, 6.45) is 0.354. The fraction of sp³-hybridized carbons (Fsp3) is 0.0909. The lowest BCUT2D eigenvalue weighted by atomic mass is 10.3. The Morgan fingerprint density at radius 2 is 2.00 bits per heavy atom. The van der Waals surface area contributed by atoms with Crippen molar-refractivity contribution < 1.29 is 33.7 Å². The lowest BCUT2D eigenvalue weighted by Gasteiger charge is -2.10. The number of rotatable bonds is 5. The molecule has 1 rings (SSSR count). The van der Waals surface area contributed by atoms with Crippen molar-refractivity contribution in [1.82, 2.24) is 0 Å². The number of para-hydroxylation sites is 1. The molecule has 0 aliphatic rings. The standard InChI is InChI=1S/C11H9FO6/c1-17-10-6(12)3-2-4-7(10)18-8(11(15)16)5-9(13)14/h2-5H,1H3,(H,13,14)(H,15,16)/b8-5-. The van der Waals surface area contributed by atoms with E-state index in [1.807, 2.05) is 0 Å². The predicted molar refractivity (Wildman–Crippen MR) is 56.9 cm³/mol. The summed E-state index contributed by atoms with van der Waals surface area (Å²) in [4.78, 5) is 21.1. The Morgan fingerprint density at radius 1 is 1.33 bits per heavy atom. The van der Waals surface area contributed by atoms with Crippen LogP contribution in [-0.4, -0.2) is 29.3 Å². The second kappa shape index (κ2) is 5.67.